The van der Waals surface area contributed by atoms with Crippen LogP contribution in [0.3, 0.4) is 0 Å². The molecule has 0 aliphatic heterocycles. The maximum Gasteiger partial charge on any atom is 0.161 e. The number of fused-ring (bicyclic) bond motifs is 6. The Morgan fingerprint density at radius 2 is 1.09 bits per heavy atom. The lowest BCUT2D eigenvalue weighted by Crippen LogP contribution is -2.17. The number of hydrogen-bond donors (Lipinski definition) is 0. The van der Waals surface area contributed by atoms with E-state index in [1.165, 1.54) is 21.9 Å². The molecule has 0 N–H and O–H groups in total. The van der Waals surface area contributed by atoms with Crippen LogP contribution in [-0.2, 0) is 12.0 Å². The number of amidine groups is 2. The summed E-state index contributed by atoms with van der Waals surface area (Å²) in [6.07, 6.45) is 0. The van der Waals surface area contributed by atoms with Crippen molar-refractivity contribution >= 4 is 40.2 Å². The predicted octanol–water partition coefficient (Wildman–Crippen LogP) is 14.0. The summed E-state index contributed by atoms with van der Waals surface area (Å²) >= 11 is 0. The van der Waals surface area contributed by atoms with Gasteiger partial charge in [0.05, 0.1) is 29.0 Å². The molecule has 1 aliphatic rings. The molecule has 6 heteroatoms. The van der Waals surface area contributed by atoms with E-state index in [1.807, 2.05) is 48.5 Å². The van der Waals surface area contributed by atoms with Crippen molar-refractivity contribution in [1.82, 2.24) is 14.5 Å². The maximum absolute atomic E-state index is 5.49. The molecule has 0 saturated carbocycles. The van der Waals surface area contributed by atoms with Crippen LogP contribution in [0.15, 0.2) is 221 Å². The Kier molecular flexibility index (Phi) is 9.97. The summed E-state index contributed by atoms with van der Waals surface area (Å²) < 4.78 is 2.35. The first-order chi connectivity index (χ1) is 31.9. The molecule has 1 aliphatic carbocycles. The zero-order chi connectivity index (χ0) is 43.9. The van der Waals surface area contributed by atoms with Gasteiger partial charge in [-0.15, -0.1) is 0 Å². The third kappa shape index (κ3) is 7.15. The summed E-state index contributed by atoms with van der Waals surface area (Å²) in [5, 5.41) is 2.41. The minimum absolute atomic E-state index is 0.304. The van der Waals surface area contributed by atoms with Crippen molar-refractivity contribution in [3.63, 3.8) is 0 Å². The summed E-state index contributed by atoms with van der Waals surface area (Å²) in [5.74, 6) is 1.82. The van der Waals surface area contributed by atoms with Gasteiger partial charge in [-0.2, -0.15) is 0 Å². The molecule has 6 nitrogen and oxygen atoms in total. The lowest BCUT2D eigenvalue weighted by molar-refractivity contribution is 0.658. The molecule has 0 atom stereocenters. The van der Waals surface area contributed by atoms with E-state index in [2.05, 4.69) is 188 Å². The lowest BCUT2D eigenvalue weighted by Gasteiger charge is -2.24. The first-order valence-electron chi connectivity index (χ1n) is 22.0. The van der Waals surface area contributed by atoms with Gasteiger partial charge in [-0.3, -0.25) is 4.99 Å². The molecule has 0 amide bonds. The Morgan fingerprint density at radius 3 is 1.83 bits per heavy atom. The fraction of sp³-hybridized carbons (Fsp3) is 0.0678. The number of benzene rings is 8. The summed E-state index contributed by atoms with van der Waals surface area (Å²) in [5.41, 5.74) is 15.7. The highest BCUT2D eigenvalue weighted by atomic mass is 15.0. The average molecular weight is 837 g/mol. The molecule has 0 fully saturated rings. The first-order valence-corrected chi connectivity index (χ1v) is 22.0. The molecular formula is C59H44N6. The zero-order valence-corrected chi connectivity index (χ0v) is 36.2. The Balaban J connectivity index is 0.984. The number of aromatic nitrogens is 3. The molecule has 0 saturated heterocycles. The smallest absolute Gasteiger partial charge is 0.161 e. The third-order valence-corrected chi connectivity index (χ3v) is 12.6. The molecule has 0 spiro atoms. The second-order valence-corrected chi connectivity index (χ2v) is 16.9. The van der Waals surface area contributed by atoms with Crippen molar-refractivity contribution in [1.29, 1.82) is 0 Å². The quantitative estimate of drug-likeness (QED) is 0.113. The molecule has 310 valence electrons. The van der Waals surface area contributed by atoms with Gasteiger partial charge in [0, 0.05) is 55.3 Å². The van der Waals surface area contributed by atoms with Crippen molar-refractivity contribution in [2.45, 2.75) is 25.8 Å². The molecule has 11 rings (SSSR count). The van der Waals surface area contributed by atoms with Gasteiger partial charge < -0.3 is 4.57 Å². The maximum atomic E-state index is 5.49. The molecule has 2 aromatic heterocycles. The highest BCUT2D eigenvalue weighted by Gasteiger charge is 2.40. The number of rotatable bonds is 8. The number of hydrogen-bond acceptors (Lipinski definition) is 3. The third-order valence-electron chi connectivity index (χ3n) is 12.6. The normalized spacial score (nSPS) is 13.2. The van der Waals surface area contributed by atoms with E-state index in [0.29, 0.717) is 24.0 Å². The molecular weight excluding hydrogens is 793 g/mol. The molecule has 8 aromatic carbocycles. The van der Waals surface area contributed by atoms with Crippen LogP contribution >= 0.6 is 0 Å². The molecule has 0 bridgehead atoms. The average Bonchev–Trinajstić information content (AvgIpc) is 3.82. The number of aliphatic imine (C=N–C) groups is 3. The van der Waals surface area contributed by atoms with Crippen molar-refractivity contribution in [2.75, 3.05) is 0 Å². The number of para-hydroxylation sites is 2. The molecule has 2 heterocycles. The Bertz CT molecular complexity index is 3460. The van der Waals surface area contributed by atoms with E-state index in [-0.39, 0.29) is 5.41 Å². The summed E-state index contributed by atoms with van der Waals surface area (Å²) in [7, 11) is 0. The Morgan fingerprint density at radius 1 is 0.523 bits per heavy atom. The van der Waals surface area contributed by atoms with Crippen LogP contribution in [0.2, 0.25) is 0 Å². The van der Waals surface area contributed by atoms with Crippen LogP contribution in [0.5, 0.6) is 0 Å². The van der Waals surface area contributed by atoms with Gasteiger partial charge in [-0.25, -0.2) is 20.0 Å². The van der Waals surface area contributed by atoms with E-state index >= 15 is 0 Å². The minimum Gasteiger partial charge on any atom is -0.309 e. The lowest BCUT2D eigenvalue weighted by atomic mass is 9.80. The topological polar surface area (TPSA) is 67.8 Å². The van der Waals surface area contributed by atoms with Crippen molar-refractivity contribution < 1.29 is 0 Å². The Hall–Kier alpha value is -8.35. The van der Waals surface area contributed by atoms with Crippen LogP contribution in [-0.4, -0.2) is 32.9 Å². The monoisotopic (exact) mass is 836 g/mol. The zero-order valence-electron chi connectivity index (χ0n) is 36.2. The summed E-state index contributed by atoms with van der Waals surface area (Å²) in [6, 6.07) is 71.8. The summed E-state index contributed by atoms with van der Waals surface area (Å²) in [6.45, 7) is 8.90. The standard InChI is InChI=1S/C59H44N6/c1-59(2)50-25-15-13-24-49(50)55-53(59)54(62-58(63-55)45-35-36-48-47-23-14-16-26-51(47)65(52(48)37-45)46-21-11-6-12-22-46)42-31-27-40(28-32-42)41-29-33-44(34-30-41)57(61-38-39-17-7-4-8-18-39)64-56(60-3)43-19-9-5-10-20-43/h4-37H,3,38H2,1-2H3. The van der Waals surface area contributed by atoms with Crippen LogP contribution < -0.4 is 0 Å². The van der Waals surface area contributed by atoms with Gasteiger partial charge >= 0.3 is 0 Å². The van der Waals surface area contributed by atoms with Gasteiger partial charge in [-0.05, 0) is 53.2 Å². The van der Waals surface area contributed by atoms with Gasteiger partial charge in [0.1, 0.15) is 0 Å². The van der Waals surface area contributed by atoms with Gasteiger partial charge in [0.25, 0.3) is 0 Å². The van der Waals surface area contributed by atoms with Crippen LogP contribution in [0.1, 0.15) is 41.7 Å². The van der Waals surface area contributed by atoms with Crippen LogP contribution in [0, 0.1) is 0 Å². The highest BCUT2D eigenvalue weighted by molar-refractivity contribution is 6.13. The first kappa shape index (κ1) is 39.5. The highest BCUT2D eigenvalue weighted by Crippen LogP contribution is 2.51. The molecule has 0 unspecified atom stereocenters. The van der Waals surface area contributed by atoms with E-state index in [9.17, 15) is 0 Å². The number of nitrogens with zero attached hydrogens (tertiary/aromatic N) is 6. The van der Waals surface area contributed by atoms with E-state index in [1.54, 1.807) is 0 Å². The van der Waals surface area contributed by atoms with Crippen molar-refractivity contribution in [3.8, 4) is 50.7 Å². The van der Waals surface area contributed by atoms with E-state index in [4.69, 9.17) is 20.0 Å². The fourth-order valence-corrected chi connectivity index (χ4v) is 9.37. The SMILES string of the molecule is C=NC(=NC(=NCc1ccccc1)c1ccc(-c2ccc(-c3nc(-c4ccc5c6ccccc6n(-c6ccccc6)c5c4)nc4c3C(C)(C)c3ccccc3-4)cc2)cc1)c1ccccc1. The molecule has 65 heavy (non-hydrogen) atoms. The predicted molar refractivity (Wildman–Crippen MR) is 269 cm³/mol. The van der Waals surface area contributed by atoms with Crippen molar-refractivity contribution in [3.05, 3.63) is 234 Å². The van der Waals surface area contributed by atoms with E-state index < -0.39 is 0 Å². The Labute approximate surface area is 378 Å². The van der Waals surface area contributed by atoms with Gasteiger partial charge in [0.15, 0.2) is 17.5 Å². The van der Waals surface area contributed by atoms with Crippen molar-refractivity contribution in [2.24, 2.45) is 15.0 Å². The second kappa shape index (κ2) is 16.4. The van der Waals surface area contributed by atoms with Gasteiger partial charge in [0.2, 0.25) is 0 Å². The largest absolute Gasteiger partial charge is 0.309 e. The second-order valence-electron chi connectivity index (χ2n) is 16.9. The molecule has 0 radical (unpaired) electrons. The molecule has 10 aromatic rings. The van der Waals surface area contributed by atoms with E-state index in [0.717, 1.165) is 72.7 Å². The fourth-order valence-electron chi connectivity index (χ4n) is 9.37. The summed E-state index contributed by atoms with van der Waals surface area (Å²) in [4.78, 5) is 25.1. The van der Waals surface area contributed by atoms with Crippen LogP contribution in [0.25, 0.3) is 72.5 Å². The minimum atomic E-state index is -0.304. The van der Waals surface area contributed by atoms with Gasteiger partial charge in [-0.1, -0.05) is 196 Å². The van der Waals surface area contributed by atoms with Crippen LogP contribution in [0.4, 0.5) is 0 Å².